The molecule has 3 saturated heterocycles. The number of hydrogen-bond acceptors (Lipinski definition) is 4. The summed E-state index contributed by atoms with van der Waals surface area (Å²) in [5, 5.41) is 0. The Kier molecular flexibility index (Phi) is 5.18. The van der Waals surface area contributed by atoms with Gasteiger partial charge in [-0.1, -0.05) is 18.2 Å². The van der Waals surface area contributed by atoms with E-state index in [1.807, 2.05) is 4.90 Å². The fraction of sp³-hybridized carbons (Fsp3) is 0.667. The third-order valence-electron chi connectivity index (χ3n) is 6.54. The lowest BCUT2D eigenvalue weighted by molar-refractivity contribution is -0.147. The Balaban J connectivity index is 1.32. The van der Waals surface area contributed by atoms with Crippen LogP contribution in [0.2, 0.25) is 0 Å². The van der Waals surface area contributed by atoms with Crippen molar-refractivity contribution in [2.45, 2.75) is 44.2 Å². The summed E-state index contributed by atoms with van der Waals surface area (Å²) in [6.45, 7) is 8.72. The Hall–Kier alpha value is -1.59. The maximum Gasteiger partial charge on any atom is 0.219 e. The molecule has 1 aromatic carbocycles. The van der Waals surface area contributed by atoms with Crippen LogP contribution in [0.25, 0.3) is 0 Å². The van der Waals surface area contributed by atoms with E-state index in [1.54, 1.807) is 6.92 Å². The highest BCUT2D eigenvalue weighted by molar-refractivity contribution is 5.73. The summed E-state index contributed by atoms with van der Waals surface area (Å²) in [5.41, 5.74) is 1.35. The molecular formula is C21H31N3O2. The molecule has 4 rings (SSSR count). The van der Waals surface area contributed by atoms with Crippen LogP contribution in [-0.2, 0) is 9.53 Å². The molecule has 3 aliphatic heterocycles. The summed E-state index contributed by atoms with van der Waals surface area (Å²) in [4.78, 5) is 18.7. The van der Waals surface area contributed by atoms with Crippen LogP contribution in [0, 0.1) is 0 Å². The molecule has 3 aliphatic rings. The van der Waals surface area contributed by atoms with Gasteiger partial charge in [-0.3, -0.25) is 9.69 Å². The molecule has 0 bridgehead atoms. The monoisotopic (exact) mass is 357 g/mol. The number of carbonyl (C=O) groups excluding carboxylic acids is 1. The molecule has 3 heterocycles. The fourth-order valence-corrected chi connectivity index (χ4v) is 4.88. The predicted molar refractivity (Wildman–Crippen MR) is 103 cm³/mol. The van der Waals surface area contributed by atoms with Gasteiger partial charge in [-0.2, -0.15) is 0 Å². The Morgan fingerprint density at radius 1 is 1.04 bits per heavy atom. The van der Waals surface area contributed by atoms with Crippen molar-refractivity contribution < 1.29 is 9.53 Å². The standard InChI is InChI=1S/C21H31N3O2/c1-18(25)22-10-8-21(9-11-22)17-20(7-16-26-21)24-14-12-23(13-15-24)19-5-3-2-4-6-19/h2-6,20H,7-17H2,1H3/t20-/m0/s1. The topological polar surface area (TPSA) is 36.0 Å². The number of piperidine rings is 1. The molecule has 0 aliphatic carbocycles. The first-order valence-corrected chi connectivity index (χ1v) is 10.1. The molecule has 5 heteroatoms. The minimum atomic E-state index is 0.00539. The van der Waals surface area contributed by atoms with Crippen LogP contribution in [0.3, 0.4) is 0 Å². The molecule has 0 radical (unpaired) electrons. The van der Waals surface area contributed by atoms with E-state index in [1.165, 1.54) is 5.69 Å². The quantitative estimate of drug-likeness (QED) is 0.814. The lowest BCUT2D eigenvalue weighted by atomic mass is 9.81. The van der Waals surface area contributed by atoms with E-state index in [2.05, 4.69) is 40.1 Å². The normalized spacial score (nSPS) is 26.9. The van der Waals surface area contributed by atoms with E-state index in [4.69, 9.17) is 4.74 Å². The van der Waals surface area contributed by atoms with Crippen LogP contribution in [-0.4, -0.2) is 73.2 Å². The third-order valence-corrected chi connectivity index (χ3v) is 6.54. The minimum Gasteiger partial charge on any atom is -0.375 e. The van der Waals surface area contributed by atoms with Gasteiger partial charge in [-0.05, 0) is 37.8 Å². The maximum atomic E-state index is 11.6. The molecule has 1 atom stereocenters. The van der Waals surface area contributed by atoms with Gasteiger partial charge in [0, 0.05) is 64.5 Å². The van der Waals surface area contributed by atoms with E-state index in [9.17, 15) is 4.79 Å². The smallest absolute Gasteiger partial charge is 0.219 e. The van der Waals surface area contributed by atoms with E-state index in [0.29, 0.717) is 6.04 Å². The van der Waals surface area contributed by atoms with Crippen molar-refractivity contribution in [1.82, 2.24) is 9.80 Å². The number of likely N-dealkylation sites (tertiary alicyclic amines) is 1. The van der Waals surface area contributed by atoms with Gasteiger partial charge in [0.05, 0.1) is 5.60 Å². The molecule has 26 heavy (non-hydrogen) atoms. The molecule has 1 aromatic rings. The van der Waals surface area contributed by atoms with Gasteiger partial charge in [0.2, 0.25) is 5.91 Å². The summed E-state index contributed by atoms with van der Waals surface area (Å²) in [6.07, 6.45) is 4.26. The van der Waals surface area contributed by atoms with Crippen LogP contribution in [0.1, 0.15) is 32.6 Å². The van der Waals surface area contributed by atoms with Gasteiger partial charge in [0.25, 0.3) is 0 Å². The largest absolute Gasteiger partial charge is 0.375 e. The number of ether oxygens (including phenoxy) is 1. The van der Waals surface area contributed by atoms with Crippen molar-refractivity contribution in [1.29, 1.82) is 0 Å². The molecule has 5 nitrogen and oxygen atoms in total. The maximum absolute atomic E-state index is 11.6. The Morgan fingerprint density at radius 2 is 1.73 bits per heavy atom. The number of anilines is 1. The van der Waals surface area contributed by atoms with Crippen molar-refractivity contribution in [2.24, 2.45) is 0 Å². The number of benzene rings is 1. The molecule has 0 saturated carbocycles. The zero-order chi connectivity index (χ0) is 18.0. The first-order valence-electron chi connectivity index (χ1n) is 10.1. The number of amides is 1. The van der Waals surface area contributed by atoms with Crippen molar-refractivity contribution in [3.63, 3.8) is 0 Å². The van der Waals surface area contributed by atoms with E-state index < -0.39 is 0 Å². The number of piperazine rings is 1. The van der Waals surface area contributed by atoms with Crippen LogP contribution >= 0.6 is 0 Å². The fourth-order valence-electron chi connectivity index (χ4n) is 4.88. The van der Waals surface area contributed by atoms with Gasteiger partial charge >= 0.3 is 0 Å². The average Bonchev–Trinajstić information content (AvgIpc) is 2.69. The van der Waals surface area contributed by atoms with Crippen molar-refractivity contribution in [3.05, 3.63) is 30.3 Å². The van der Waals surface area contributed by atoms with Crippen LogP contribution in [0.15, 0.2) is 30.3 Å². The van der Waals surface area contributed by atoms with Gasteiger partial charge in [-0.25, -0.2) is 0 Å². The van der Waals surface area contributed by atoms with Crippen molar-refractivity contribution >= 4 is 11.6 Å². The van der Waals surface area contributed by atoms with Crippen molar-refractivity contribution in [2.75, 3.05) is 50.8 Å². The average molecular weight is 357 g/mol. The molecular weight excluding hydrogens is 326 g/mol. The predicted octanol–water partition coefficient (Wildman–Crippen LogP) is 2.37. The molecule has 1 amide bonds. The summed E-state index contributed by atoms with van der Waals surface area (Å²) < 4.78 is 6.27. The van der Waals surface area contributed by atoms with E-state index in [0.717, 1.165) is 71.6 Å². The summed E-state index contributed by atoms with van der Waals surface area (Å²) in [5.74, 6) is 0.198. The number of carbonyl (C=O) groups is 1. The highest BCUT2D eigenvalue weighted by Crippen LogP contribution is 2.37. The zero-order valence-corrected chi connectivity index (χ0v) is 15.9. The molecule has 142 valence electrons. The zero-order valence-electron chi connectivity index (χ0n) is 15.9. The van der Waals surface area contributed by atoms with E-state index >= 15 is 0 Å². The van der Waals surface area contributed by atoms with Crippen LogP contribution < -0.4 is 4.90 Å². The van der Waals surface area contributed by atoms with Gasteiger partial charge in [0.15, 0.2) is 0 Å². The van der Waals surface area contributed by atoms with Gasteiger partial charge in [0.1, 0.15) is 0 Å². The number of hydrogen-bond donors (Lipinski definition) is 0. The second-order valence-electron chi connectivity index (χ2n) is 8.04. The first-order chi connectivity index (χ1) is 12.7. The Bertz CT molecular complexity index is 605. The van der Waals surface area contributed by atoms with Crippen LogP contribution in [0.4, 0.5) is 5.69 Å². The Morgan fingerprint density at radius 3 is 2.38 bits per heavy atom. The number of nitrogens with zero attached hydrogens (tertiary/aromatic N) is 3. The molecule has 3 fully saturated rings. The molecule has 1 spiro atoms. The highest BCUT2D eigenvalue weighted by atomic mass is 16.5. The third kappa shape index (κ3) is 3.74. The summed E-state index contributed by atoms with van der Waals surface area (Å²) >= 11 is 0. The summed E-state index contributed by atoms with van der Waals surface area (Å²) in [7, 11) is 0. The minimum absolute atomic E-state index is 0.00539. The first kappa shape index (κ1) is 17.8. The Labute approximate surface area is 156 Å². The van der Waals surface area contributed by atoms with Crippen molar-refractivity contribution in [3.8, 4) is 0 Å². The molecule has 0 N–H and O–H groups in total. The second-order valence-corrected chi connectivity index (χ2v) is 8.04. The van der Waals surface area contributed by atoms with Gasteiger partial charge in [-0.15, -0.1) is 0 Å². The lowest BCUT2D eigenvalue weighted by Gasteiger charge is -2.49. The molecule has 0 aromatic heterocycles. The number of para-hydroxylation sites is 1. The summed E-state index contributed by atoms with van der Waals surface area (Å²) in [6, 6.07) is 11.4. The highest BCUT2D eigenvalue weighted by Gasteiger charge is 2.42. The number of rotatable bonds is 2. The van der Waals surface area contributed by atoms with Crippen LogP contribution in [0.5, 0.6) is 0 Å². The van der Waals surface area contributed by atoms with E-state index in [-0.39, 0.29) is 11.5 Å². The SMILES string of the molecule is CC(=O)N1CCC2(CC1)C[C@@H](N1CCN(c3ccccc3)CC1)CCO2. The lowest BCUT2D eigenvalue weighted by Crippen LogP contribution is -2.57. The second kappa shape index (κ2) is 7.57. The molecule has 0 unspecified atom stereocenters. The van der Waals surface area contributed by atoms with Gasteiger partial charge < -0.3 is 14.5 Å².